The van der Waals surface area contributed by atoms with E-state index in [1.807, 2.05) is 12.1 Å². The van der Waals surface area contributed by atoms with Crippen LogP contribution in [0.15, 0.2) is 24.3 Å². The summed E-state index contributed by atoms with van der Waals surface area (Å²) in [5, 5.41) is 3.02. The molecule has 1 unspecified atom stereocenters. The van der Waals surface area contributed by atoms with Crippen molar-refractivity contribution in [2.45, 2.75) is 25.8 Å². The van der Waals surface area contributed by atoms with Gasteiger partial charge in [-0.2, -0.15) is 0 Å². The molecule has 2 saturated heterocycles. The fourth-order valence-corrected chi connectivity index (χ4v) is 3.37. The number of hydrogen-bond acceptors (Lipinski definition) is 4. The third kappa shape index (κ3) is 4.53. The van der Waals surface area contributed by atoms with Gasteiger partial charge in [-0.1, -0.05) is 19.1 Å². The average molecular weight is 317 g/mol. The topological polar surface area (TPSA) is 44.8 Å². The van der Waals surface area contributed by atoms with E-state index < -0.39 is 0 Å². The molecule has 0 bridgehead atoms. The first kappa shape index (κ1) is 16.4. The summed E-state index contributed by atoms with van der Waals surface area (Å²) < 4.78 is 5.47. The van der Waals surface area contributed by atoms with Gasteiger partial charge in [0.25, 0.3) is 0 Å². The number of aryl methyl sites for hydroxylation is 1. The second kappa shape index (κ2) is 7.90. The van der Waals surface area contributed by atoms with Crippen LogP contribution in [0.2, 0.25) is 0 Å². The van der Waals surface area contributed by atoms with Gasteiger partial charge in [-0.05, 0) is 30.5 Å². The third-order valence-corrected chi connectivity index (χ3v) is 4.82. The highest BCUT2D eigenvalue weighted by Gasteiger charge is 2.27. The maximum atomic E-state index is 12.2. The molecule has 1 amide bonds. The molecule has 2 aliphatic heterocycles. The minimum atomic E-state index is 0.0795. The van der Waals surface area contributed by atoms with E-state index >= 15 is 0 Å². The van der Waals surface area contributed by atoms with Crippen LogP contribution >= 0.6 is 0 Å². The van der Waals surface area contributed by atoms with Gasteiger partial charge >= 0.3 is 0 Å². The lowest BCUT2D eigenvalue weighted by molar-refractivity contribution is -0.117. The minimum absolute atomic E-state index is 0.0795. The van der Waals surface area contributed by atoms with E-state index in [9.17, 15) is 4.79 Å². The van der Waals surface area contributed by atoms with Crippen molar-refractivity contribution in [3.8, 4) is 0 Å². The van der Waals surface area contributed by atoms with Crippen molar-refractivity contribution in [1.29, 1.82) is 0 Å². The molecule has 0 saturated carbocycles. The molecular weight excluding hydrogens is 290 g/mol. The zero-order chi connectivity index (χ0) is 16.1. The van der Waals surface area contributed by atoms with Crippen molar-refractivity contribution in [3.05, 3.63) is 29.8 Å². The Bertz CT molecular complexity index is 521. The van der Waals surface area contributed by atoms with Crippen LogP contribution in [0.3, 0.4) is 0 Å². The maximum Gasteiger partial charge on any atom is 0.238 e. The number of benzene rings is 1. The number of hydrogen-bond donors (Lipinski definition) is 1. The zero-order valence-corrected chi connectivity index (χ0v) is 14.0. The molecule has 126 valence electrons. The van der Waals surface area contributed by atoms with Crippen molar-refractivity contribution in [1.82, 2.24) is 9.80 Å². The Morgan fingerprint density at radius 2 is 2.13 bits per heavy atom. The summed E-state index contributed by atoms with van der Waals surface area (Å²) in [6.07, 6.45) is 2.13. The zero-order valence-electron chi connectivity index (χ0n) is 14.0. The number of nitrogens with one attached hydrogen (secondary N) is 1. The lowest BCUT2D eigenvalue weighted by Crippen LogP contribution is -2.52. The number of anilines is 1. The lowest BCUT2D eigenvalue weighted by atomic mass is 10.1. The van der Waals surface area contributed by atoms with Gasteiger partial charge in [0.2, 0.25) is 5.91 Å². The van der Waals surface area contributed by atoms with Crippen LogP contribution in [0.1, 0.15) is 18.9 Å². The van der Waals surface area contributed by atoms with Crippen LogP contribution < -0.4 is 5.32 Å². The fourth-order valence-electron chi connectivity index (χ4n) is 3.37. The summed E-state index contributed by atoms with van der Waals surface area (Å²) in [5.41, 5.74) is 2.14. The first-order valence-corrected chi connectivity index (χ1v) is 8.67. The predicted molar refractivity (Wildman–Crippen MR) is 91.7 cm³/mol. The molecular formula is C18H27N3O2. The average Bonchev–Trinajstić information content (AvgIpc) is 3.10. The molecule has 1 atom stereocenters. The molecule has 23 heavy (non-hydrogen) atoms. The Kier molecular flexibility index (Phi) is 5.65. The van der Waals surface area contributed by atoms with Gasteiger partial charge in [-0.3, -0.25) is 14.6 Å². The Morgan fingerprint density at radius 3 is 2.83 bits per heavy atom. The van der Waals surface area contributed by atoms with Gasteiger partial charge in [-0.25, -0.2) is 0 Å². The van der Waals surface area contributed by atoms with Crippen LogP contribution in [0.5, 0.6) is 0 Å². The van der Waals surface area contributed by atoms with E-state index in [0.29, 0.717) is 12.6 Å². The third-order valence-electron chi connectivity index (χ3n) is 4.82. The second-order valence-corrected chi connectivity index (χ2v) is 6.43. The van der Waals surface area contributed by atoms with Crippen molar-refractivity contribution in [2.24, 2.45) is 0 Å². The number of amides is 1. The van der Waals surface area contributed by atoms with Gasteiger partial charge in [-0.15, -0.1) is 0 Å². The van der Waals surface area contributed by atoms with E-state index in [1.165, 1.54) is 5.56 Å². The molecule has 0 radical (unpaired) electrons. The molecule has 2 aliphatic rings. The predicted octanol–water partition coefficient (Wildman–Crippen LogP) is 1.59. The van der Waals surface area contributed by atoms with Gasteiger partial charge < -0.3 is 10.1 Å². The Labute approximate surface area is 138 Å². The smallest absolute Gasteiger partial charge is 0.238 e. The number of rotatable bonds is 5. The van der Waals surface area contributed by atoms with Crippen LogP contribution in [0.4, 0.5) is 5.69 Å². The van der Waals surface area contributed by atoms with E-state index in [4.69, 9.17) is 4.74 Å². The highest BCUT2D eigenvalue weighted by molar-refractivity contribution is 5.92. The number of carbonyl (C=O) groups is 1. The van der Waals surface area contributed by atoms with E-state index in [1.54, 1.807) is 0 Å². The molecule has 0 spiro atoms. The SMILES string of the molecule is CCc1cccc(NC(=O)CN2CCN(C3CCOC3)CC2)c1. The summed E-state index contributed by atoms with van der Waals surface area (Å²) in [5.74, 6) is 0.0795. The Balaban J connectivity index is 1.43. The summed E-state index contributed by atoms with van der Waals surface area (Å²) in [7, 11) is 0. The monoisotopic (exact) mass is 317 g/mol. The first-order chi connectivity index (χ1) is 11.2. The largest absolute Gasteiger partial charge is 0.380 e. The van der Waals surface area contributed by atoms with Gasteiger partial charge in [0.05, 0.1) is 13.2 Å². The van der Waals surface area contributed by atoms with Gasteiger partial charge in [0.15, 0.2) is 0 Å². The standard InChI is InChI=1S/C18H27N3O2/c1-2-15-4-3-5-16(12-15)19-18(22)13-20-7-9-21(10-8-20)17-6-11-23-14-17/h3-5,12,17H,2,6-11,13-14H2,1H3,(H,19,22). The normalized spacial score (nSPS) is 23.1. The summed E-state index contributed by atoms with van der Waals surface area (Å²) in [4.78, 5) is 17.0. The number of carbonyl (C=O) groups excluding carboxylic acids is 1. The van der Waals surface area contributed by atoms with E-state index in [2.05, 4.69) is 34.2 Å². The summed E-state index contributed by atoms with van der Waals surface area (Å²) in [6, 6.07) is 8.67. The van der Waals surface area contributed by atoms with Gasteiger partial charge in [0, 0.05) is 44.5 Å². The molecule has 1 aromatic carbocycles. The first-order valence-electron chi connectivity index (χ1n) is 8.67. The molecule has 3 rings (SSSR count). The number of ether oxygens (including phenoxy) is 1. The molecule has 0 aliphatic carbocycles. The molecule has 5 heteroatoms. The molecule has 2 fully saturated rings. The van der Waals surface area contributed by atoms with Crippen molar-refractivity contribution < 1.29 is 9.53 Å². The van der Waals surface area contributed by atoms with E-state index in [0.717, 1.165) is 57.9 Å². The second-order valence-electron chi connectivity index (χ2n) is 6.43. The number of nitrogens with zero attached hydrogens (tertiary/aromatic N) is 2. The molecule has 2 heterocycles. The number of piperazine rings is 1. The highest BCUT2D eigenvalue weighted by atomic mass is 16.5. The minimum Gasteiger partial charge on any atom is -0.380 e. The molecule has 1 N–H and O–H groups in total. The van der Waals surface area contributed by atoms with Crippen LogP contribution in [-0.2, 0) is 16.0 Å². The highest BCUT2D eigenvalue weighted by Crippen LogP contribution is 2.15. The maximum absolute atomic E-state index is 12.2. The van der Waals surface area contributed by atoms with Crippen LogP contribution in [-0.4, -0.2) is 67.7 Å². The Morgan fingerprint density at radius 1 is 1.30 bits per heavy atom. The van der Waals surface area contributed by atoms with Crippen molar-refractivity contribution in [2.75, 3.05) is 51.3 Å². The van der Waals surface area contributed by atoms with Crippen molar-refractivity contribution in [3.63, 3.8) is 0 Å². The van der Waals surface area contributed by atoms with E-state index in [-0.39, 0.29) is 5.91 Å². The lowest BCUT2D eigenvalue weighted by Gasteiger charge is -2.37. The molecule has 0 aromatic heterocycles. The van der Waals surface area contributed by atoms with Crippen molar-refractivity contribution >= 4 is 11.6 Å². The summed E-state index contributed by atoms with van der Waals surface area (Å²) >= 11 is 0. The Hall–Kier alpha value is -1.43. The van der Waals surface area contributed by atoms with Crippen LogP contribution in [0, 0.1) is 0 Å². The fraction of sp³-hybridized carbons (Fsp3) is 0.611. The summed E-state index contributed by atoms with van der Waals surface area (Å²) in [6.45, 7) is 8.34. The van der Waals surface area contributed by atoms with Gasteiger partial charge in [0.1, 0.15) is 0 Å². The van der Waals surface area contributed by atoms with Crippen LogP contribution in [0.25, 0.3) is 0 Å². The quantitative estimate of drug-likeness (QED) is 0.896. The molecule has 1 aromatic rings. The molecule has 5 nitrogen and oxygen atoms in total.